The van der Waals surface area contributed by atoms with Crippen molar-refractivity contribution in [2.75, 3.05) is 10.5 Å². The van der Waals surface area contributed by atoms with E-state index in [1.54, 1.807) is 0 Å². The van der Waals surface area contributed by atoms with Gasteiger partial charge in [0.1, 0.15) is 11.6 Å². The van der Waals surface area contributed by atoms with Crippen molar-refractivity contribution < 1.29 is 17.7 Å². The third-order valence-corrected chi connectivity index (χ3v) is 3.83. The van der Waals surface area contributed by atoms with Crippen LogP contribution in [0, 0.1) is 15.9 Å². The Balaban J connectivity index is 2.41. The first-order valence-corrected chi connectivity index (χ1v) is 6.96. The van der Waals surface area contributed by atoms with Crippen LogP contribution in [0.25, 0.3) is 0 Å². The van der Waals surface area contributed by atoms with E-state index in [1.807, 2.05) is 4.72 Å². The molecule has 21 heavy (non-hydrogen) atoms. The van der Waals surface area contributed by atoms with Gasteiger partial charge < -0.3 is 5.73 Å². The van der Waals surface area contributed by atoms with Gasteiger partial charge in [-0.15, -0.1) is 0 Å². The molecule has 0 aliphatic carbocycles. The van der Waals surface area contributed by atoms with Gasteiger partial charge in [-0.25, -0.2) is 17.8 Å². The van der Waals surface area contributed by atoms with Crippen LogP contribution in [0.3, 0.4) is 0 Å². The lowest BCUT2D eigenvalue weighted by atomic mass is 10.3. The summed E-state index contributed by atoms with van der Waals surface area (Å²) < 4.78 is 39.6. The van der Waals surface area contributed by atoms with Crippen molar-refractivity contribution in [3.8, 4) is 0 Å². The minimum Gasteiger partial charge on any atom is -0.384 e. The monoisotopic (exact) mass is 312 g/mol. The molecular weight excluding hydrogens is 303 g/mol. The van der Waals surface area contributed by atoms with Crippen LogP contribution in [-0.4, -0.2) is 18.3 Å². The van der Waals surface area contributed by atoms with E-state index in [0.29, 0.717) is 0 Å². The second-order valence-electron chi connectivity index (χ2n) is 3.94. The van der Waals surface area contributed by atoms with Crippen LogP contribution in [0.4, 0.5) is 21.6 Å². The summed E-state index contributed by atoms with van der Waals surface area (Å²) in [4.78, 5) is 13.3. The van der Waals surface area contributed by atoms with Crippen LogP contribution in [0.15, 0.2) is 41.4 Å². The maximum Gasteiger partial charge on any atom is 0.271 e. The molecule has 2 rings (SSSR count). The van der Waals surface area contributed by atoms with Crippen molar-refractivity contribution >= 4 is 27.2 Å². The molecule has 0 spiro atoms. The van der Waals surface area contributed by atoms with E-state index in [9.17, 15) is 22.9 Å². The predicted molar refractivity (Wildman–Crippen MR) is 72.5 cm³/mol. The number of rotatable bonds is 4. The number of hydrogen-bond acceptors (Lipinski definition) is 6. The molecule has 0 saturated carbocycles. The molecule has 1 aromatic carbocycles. The van der Waals surface area contributed by atoms with Crippen LogP contribution in [0.2, 0.25) is 0 Å². The van der Waals surface area contributed by atoms with Crippen LogP contribution in [-0.2, 0) is 10.0 Å². The highest BCUT2D eigenvalue weighted by Crippen LogP contribution is 2.24. The van der Waals surface area contributed by atoms with Gasteiger partial charge in [0.05, 0.1) is 15.5 Å². The number of pyridine rings is 1. The van der Waals surface area contributed by atoms with Gasteiger partial charge in [0.2, 0.25) is 0 Å². The number of non-ortho nitro benzene ring substituents is 1. The summed E-state index contributed by atoms with van der Waals surface area (Å²) >= 11 is 0. The molecule has 8 nitrogen and oxygen atoms in total. The first-order valence-electron chi connectivity index (χ1n) is 5.48. The molecule has 0 atom stereocenters. The number of nitrogens with zero attached hydrogens (tertiary/aromatic N) is 2. The van der Waals surface area contributed by atoms with Crippen molar-refractivity contribution in [3.05, 3.63) is 52.5 Å². The van der Waals surface area contributed by atoms with Gasteiger partial charge in [-0.1, -0.05) is 0 Å². The number of nitro groups is 1. The molecule has 0 aliphatic heterocycles. The molecule has 0 amide bonds. The third-order valence-electron chi connectivity index (χ3n) is 2.47. The van der Waals surface area contributed by atoms with Crippen molar-refractivity contribution in [3.63, 3.8) is 0 Å². The zero-order valence-corrected chi connectivity index (χ0v) is 11.2. The molecule has 0 fully saturated rings. The first-order chi connectivity index (χ1) is 9.79. The summed E-state index contributed by atoms with van der Waals surface area (Å²) in [6.07, 6.45) is 1.17. The van der Waals surface area contributed by atoms with E-state index in [4.69, 9.17) is 5.73 Å². The number of anilines is 2. The van der Waals surface area contributed by atoms with Crippen molar-refractivity contribution in [2.45, 2.75) is 4.90 Å². The summed E-state index contributed by atoms with van der Waals surface area (Å²) in [7, 11) is -4.13. The van der Waals surface area contributed by atoms with Gasteiger partial charge in [-0.05, 0) is 12.1 Å². The Bertz CT molecular complexity index is 810. The van der Waals surface area contributed by atoms with Gasteiger partial charge in [0.25, 0.3) is 15.7 Å². The number of hydrogen-bond donors (Lipinski definition) is 2. The maximum atomic E-state index is 13.6. The van der Waals surface area contributed by atoms with Gasteiger partial charge in [0, 0.05) is 24.4 Å². The van der Waals surface area contributed by atoms with E-state index in [0.717, 1.165) is 30.3 Å². The van der Waals surface area contributed by atoms with Crippen LogP contribution >= 0.6 is 0 Å². The predicted octanol–water partition coefficient (Wildman–Crippen LogP) is 1.51. The van der Waals surface area contributed by atoms with E-state index < -0.39 is 32.1 Å². The number of benzene rings is 1. The average Bonchev–Trinajstić information content (AvgIpc) is 2.41. The maximum absolute atomic E-state index is 13.6. The SMILES string of the molecule is Nc1cc(S(=O)(=O)Nc2cc([N+](=O)[O-])ccc2F)ccn1. The summed E-state index contributed by atoms with van der Waals surface area (Å²) in [6, 6.07) is 4.76. The Morgan fingerprint density at radius 1 is 1.29 bits per heavy atom. The highest BCUT2D eigenvalue weighted by molar-refractivity contribution is 7.92. The Morgan fingerprint density at radius 3 is 2.62 bits per heavy atom. The second kappa shape index (κ2) is 5.32. The molecule has 0 bridgehead atoms. The zero-order valence-electron chi connectivity index (χ0n) is 10.4. The zero-order chi connectivity index (χ0) is 15.6. The minimum atomic E-state index is -4.13. The summed E-state index contributed by atoms with van der Waals surface area (Å²) in [6.45, 7) is 0. The lowest BCUT2D eigenvalue weighted by molar-refractivity contribution is -0.384. The second-order valence-corrected chi connectivity index (χ2v) is 5.63. The number of nitrogens with one attached hydrogen (secondary N) is 1. The van der Waals surface area contributed by atoms with E-state index in [-0.39, 0.29) is 10.7 Å². The number of nitrogens with two attached hydrogens (primary N) is 1. The summed E-state index contributed by atoms with van der Waals surface area (Å²) in [5.41, 5.74) is 4.41. The molecule has 10 heteroatoms. The molecular formula is C11H9FN4O4S. The number of aromatic nitrogens is 1. The lowest BCUT2D eigenvalue weighted by Crippen LogP contribution is -2.14. The summed E-state index contributed by atoms with van der Waals surface area (Å²) in [5, 5.41) is 10.6. The molecule has 110 valence electrons. The molecule has 0 unspecified atom stereocenters. The smallest absolute Gasteiger partial charge is 0.271 e. The highest BCUT2D eigenvalue weighted by atomic mass is 32.2. The molecule has 1 aromatic heterocycles. The lowest BCUT2D eigenvalue weighted by Gasteiger charge is -2.09. The summed E-state index contributed by atoms with van der Waals surface area (Å²) in [5.74, 6) is -0.969. The fourth-order valence-electron chi connectivity index (χ4n) is 1.50. The normalized spacial score (nSPS) is 11.1. The molecule has 0 radical (unpaired) electrons. The van der Waals surface area contributed by atoms with Crippen molar-refractivity contribution in [2.24, 2.45) is 0 Å². The first kappa shape index (κ1) is 14.7. The van der Waals surface area contributed by atoms with Crippen molar-refractivity contribution in [1.82, 2.24) is 4.98 Å². The number of nitrogen functional groups attached to an aromatic ring is 1. The fourth-order valence-corrected chi connectivity index (χ4v) is 2.58. The molecule has 3 N–H and O–H groups in total. The Morgan fingerprint density at radius 2 is 2.00 bits per heavy atom. The van der Waals surface area contributed by atoms with Crippen LogP contribution < -0.4 is 10.5 Å². The highest BCUT2D eigenvalue weighted by Gasteiger charge is 2.19. The fraction of sp³-hybridized carbons (Fsp3) is 0. The van der Waals surface area contributed by atoms with Gasteiger partial charge in [-0.3, -0.25) is 14.8 Å². The van der Waals surface area contributed by atoms with Crippen LogP contribution in [0.1, 0.15) is 0 Å². The third kappa shape index (κ3) is 3.23. The van der Waals surface area contributed by atoms with E-state index in [1.165, 1.54) is 6.20 Å². The van der Waals surface area contributed by atoms with Gasteiger partial charge in [0.15, 0.2) is 0 Å². The van der Waals surface area contributed by atoms with Gasteiger partial charge in [-0.2, -0.15) is 0 Å². The largest absolute Gasteiger partial charge is 0.384 e. The molecule has 0 saturated heterocycles. The Kier molecular flexibility index (Phi) is 3.72. The molecule has 1 heterocycles. The topological polar surface area (TPSA) is 128 Å². The quantitative estimate of drug-likeness (QED) is 0.650. The Hall–Kier alpha value is -2.75. The number of halogens is 1. The minimum absolute atomic E-state index is 0.0302. The van der Waals surface area contributed by atoms with Crippen molar-refractivity contribution in [1.29, 1.82) is 0 Å². The standard InChI is InChI=1S/C11H9FN4O4S/c12-9-2-1-7(16(17)18)5-10(9)15-21(19,20)8-3-4-14-11(13)6-8/h1-6,15H,(H2,13,14). The molecule has 2 aromatic rings. The number of sulfonamides is 1. The molecule has 0 aliphatic rings. The Labute approximate surface area is 118 Å². The van der Waals surface area contributed by atoms with E-state index in [2.05, 4.69) is 4.98 Å². The van der Waals surface area contributed by atoms with Crippen LogP contribution in [0.5, 0.6) is 0 Å². The van der Waals surface area contributed by atoms with E-state index >= 15 is 0 Å². The average molecular weight is 312 g/mol. The van der Waals surface area contributed by atoms with Gasteiger partial charge >= 0.3 is 0 Å². The number of nitro benzene ring substituents is 1.